The summed E-state index contributed by atoms with van der Waals surface area (Å²) in [6.07, 6.45) is 1.90. The first-order chi connectivity index (χ1) is 12.0. The fourth-order valence-electron chi connectivity index (χ4n) is 2.67. The second kappa shape index (κ2) is 7.41. The Bertz CT molecular complexity index is 835. The minimum Gasteiger partial charge on any atom is -0.497 e. The van der Waals surface area contributed by atoms with Gasteiger partial charge >= 0.3 is 0 Å². The van der Waals surface area contributed by atoms with Gasteiger partial charge in [-0.05, 0) is 35.4 Å². The lowest BCUT2D eigenvalue weighted by Gasteiger charge is -2.15. The first-order valence-corrected chi connectivity index (χ1v) is 12.3. The van der Waals surface area contributed by atoms with Gasteiger partial charge in [0.1, 0.15) is 12.5 Å². The van der Waals surface area contributed by atoms with Gasteiger partial charge in [-0.2, -0.15) is 5.10 Å². The number of hydrogen-bond donors (Lipinski definition) is 0. The van der Waals surface area contributed by atoms with Crippen molar-refractivity contribution in [1.29, 1.82) is 0 Å². The van der Waals surface area contributed by atoms with E-state index in [2.05, 4.69) is 55.1 Å². The summed E-state index contributed by atoms with van der Waals surface area (Å²) in [5.41, 5.74) is 3.43. The fourth-order valence-corrected chi connectivity index (χ4v) is 3.42. The summed E-state index contributed by atoms with van der Waals surface area (Å²) in [4.78, 5) is 0. The van der Waals surface area contributed by atoms with Crippen molar-refractivity contribution in [3.63, 3.8) is 0 Å². The molecule has 1 heterocycles. The molecule has 25 heavy (non-hydrogen) atoms. The minimum absolute atomic E-state index is 0.500. The Morgan fingerprint density at radius 2 is 1.72 bits per heavy atom. The predicted molar refractivity (Wildman–Crippen MR) is 106 cm³/mol. The van der Waals surface area contributed by atoms with Crippen LogP contribution in [0.1, 0.15) is 0 Å². The van der Waals surface area contributed by atoms with Gasteiger partial charge in [0.2, 0.25) is 0 Å². The summed E-state index contributed by atoms with van der Waals surface area (Å²) in [5, 5.41) is 5.61. The smallest absolute Gasteiger partial charge is 0.139 e. The van der Waals surface area contributed by atoms with Crippen molar-refractivity contribution < 1.29 is 9.47 Å². The Morgan fingerprint density at radius 3 is 2.40 bits per heavy atom. The molecule has 0 atom stereocenters. The largest absolute Gasteiger partial charge is 0.497 e. The highest BCUT2D eigenvalue weighted by Gasteiger charge is 2.12. The second-order valence-electron chi connectivity index (χ2n) is 7.49. The molecule has 5 heteroatoms. The van der Waals surface area contributed by atoms with Gasteiger partial charge in [0, 0.05) is 20.1 Å². The van der Waals surface area contributed by atoms with Crippen LogP contribution in [0.2, 0.25) is 25.7 Å². The van der Waals surface area contributed by atoms with Crippen molar-refractivity contribution in [2.45, 2.75) is 32.4 Å². The molecule has 0 fully saturated rings. The highest BCUT2D eigenvalue weighted by molar-refractivity contribution is 6.76. The van der Waals surface area contributed by atoms with E-state index in [9.17, 15) is 0 Å². The average Bonchev–Trinajstić information content (AvgIpc) is 3.00. The summed E-state index contributed by atoms with van der Waals surface area (Å²) >= 11 is 0. The van der Waals surface area contributed by atoms with E-state index in [1.54, 1.807) is 7.11 Å². The Hall–Kier alpha value is -2.11. The zero-order valence-corrected chi connectivity index (χ0v) is 16.5. The van der Waals surface area contributed by atoms with Crippen molar-refractivity contribution in [1.82, 2.24) is 9.78 Å². The molecule has 0 unspecified atom stereocenters. The van der Waals surface area contributed by atoms with Gasteiger partial charge in [-0.15, -0.1) is 0 Å². The van der Waals surface area contributed by atoms with Crippen LogP contribution in [-0.2, 0) is 11.5 Å². The summed E-state index contributed by atoms with van der Waals surface area (Å²) in [5.74, 6) is 0.866. The number of benzene rings is 2. The van der Waals surface area contributed by atoms with E-state index >= 15 is 0 Å². The number of fused-ring (bicyclic) bond motifs is 1. The van der Waals surface area contributed by atoms with E-state index in [0.29, 0.717) is 6.73 Å². The molecule has 0 aliphatic rings. The number of methoxy groups -OCH3 is 1. The highest BCUT2D eigenvalue weighted by atomic mass is 28.3. The second-order valence-corrected chi connectivity index (χ2v) is 13.1. The number of aromatic nitrogens is 2. The van der Waals surface area contributed by atoms with Crippen LogP contribution in [0, 0.1) is 0 Å². The number of rotatable bonds is 7. The van der Waals surface area contributed by atoms with Crippen LogP contribution in [0.3, 0.4) is 0 Å². The topological polar surface area (TPSA) is 36.3 Å². The Labute approximate surface area is 150 Å². The van der Waals surface area contributed by atoms with Crippen LogP contribution in [0.4, 0.5) is 0 Å². The number of nitrogens with zero attached hydrogens (tertiary/aromatic N) is 2. The molecular weight excluding hydrogens is 328 g/mol. The molecule has 132 valence electrons. The van der Waals surface area contributed by atoms with Crippen molar-refractivity contribution in [3.05, 3.63) is 48.7 Å². The molecule has 0 amide bonds. The standard InChI is InChI=1S/C20H26N2O2Si/c1-23-19-9-7-16(8-10-19)17-5-6-18-14-21-22(20(18)13-17)15-24-11-12-25(2,3)4/h5-10,13-14H,11-12,15H2,1-4H3. The molecule has 0 saturated carbocycles. The molecule has 1 aromatic heterocycles. The van der Waals surface area contributed by atoms with Crippen molar-refractivity contribution in [2.75, 3.05) is 13.7 Å². The summed E-state index contributed by atoms with van der Waals surface area (Å²) in [6, 6.07) is 15.7. The van der Waals surface area contributed by atoms with E-state index in [1.165, 1.54) is 11.6 Å². The normalized spacial score (nSPS) is 11.8. The van der Waals surface area contributed by atoms with Gasteiger partial charge in [0.15, 0.2) is 0 Å². The van der Waals surface area contributed by atoms with E-state index in [0.717, 1.165) is 28.8 Å². The van der Waals surface area contributed by atoms with E-state index in [-0.39, 0.29) is 0 Å². The van der Waals surface area contributed by atoms with Crippen LogP contribution in [0.25, 0.3) is 22.0 Å². The van der Waals surface area contributed by atoms with Crippen molar-refractivity contribution in [3.8, 4) is 16.9 Å². The Balaban J connectivity index is 1.77. The van der Waals surface area contributed by atoms with Crippen LogP contribution in [0.15, 0.2) is 48.7 Å². The van der Waals surface area contributed by atoms with Crippen LogP contribution in [0.5, 0.6) is 5.75 Å². The Morgan fingerprint density at radius 1 is 1.00 bits per heavy atom. The van der Waals surface area contributed by atoms with Crippen molar-refractivity contribution >= 4 is 19.0 Å². The van der Waals surface area contributed by atoms with Gasteiger partial charge in [-0.3, -0.25) is 0 Å². The van der Waals surface area contributed by atoms with Gasteiger partial charge in [-0.1, -0.05) is 43.9 Å². The third-order valence-electron chi connectivity index (χ3n) is 4.28. The molecule has 0 aliphatic heterocycles. The molecule has 0 aliphatic carbocycles. The third-order valence-corrected chi connectivity index (χ3v) is 5.98. The first kappa shape index (κ1) is 17.7. The third kappa shape index (κ3) is 4.49. The monoisotopic (exact) mass is 354 g/mol. The van der Waals surface area contributed by atoms with Gasteiger partial charge < -0.3 is 9.47 Å². The summed E-state index contributed by atoms with van der Waals surface area (Å²) in [6.45, 7) is 8.39. The fraction of sp³-hybridized carbons (Fsp3) is 0.350. The lowest BCUT2D eigenvalue weighted by molar-refractivity contribution is 0.0817. The predicted octanol–water partition coefficient (Wildman–Crippen LogP) is 5.02. The van der Waals surface area contributed by atoms with Gasteiger partial charge in [0.25, 0.3) is 0 Å². The summed E-state index contributed by atoms with van der Waals surface area (Å²) in [7, 11) is 0.623. The first-order valence-electron chi connectivity index (χ1n) is 8.64. The van der Waals surface area contributed by atoms with E-state index in [1.807, 2.05) is 23.0 Å². The molecule has 0 saturated heterocycles. The zero-order chi connectivity index (χ0) is 17.9. The molecule has 2 aromatic carbocycles. The van der Waals surface area contributed by atoms with E-state index < -0.39 is 8.07 Å². The van der Waals surface area contributed by atoms with Crippen LogP contribution < -0.4 is 4.74 Å². The molecule has 0 bridgehead atoms. The SMILES string of the molecule is COc1ccc(-c2ccc3cnn(COCC[Si](C)(C)C)c3c2)cc1. The number of ether oxygens (including phenoxy) is 2. The van der Waals surface area contributed by atoms with Gasteiger partial charge in [-0.25, -0.2) is 4.68 Å². The molecular formula is C20H26N2O2Si. The van der Waals surface area contributed by atoms with Crippen LogP contribution in [-0.4, -0.2) is 31.6 Å². The lowest BCUT2D eigenvalue weighted by atomic mass is 10.0. The minimum atomic E-state index is -1.06. The average molecular weight is 355 g/mol. The van der Waals surface area contributed by atoms with Crippen LogP contribution >= 0.6 is 0 Å². The zero-order valence-electron chi connectivity index (χ0n) is 15.5. The molecule has 4 nitrogen and oxygen atoms in total. The Kier molecular flexibility index (Phi) is 5.25. The lowest BCUT2D eigenvalue weighted by Crippen LogP contribution is -2.22. The number of hydrogen-bond acceptors (Lipinski definition) is 3. The molecule has 0 N–H and O–H groups in total. The molecule has 3 rings (SSSR count). The summed E-state index contributed by atoms with van der Waals surface area (Å²) < 4.78 is 13.0. The maximum absolute atomic E-state index is 5.86. The van der Waals surface area contributed by atoms with Crippen molar-refractivity contribution in [2.24, 2.45) is 0 Å². The van der Waals surface area contributed by atoms with Gasteiger partial charge in [0.05, 0.1) is 18.8 Å². The quantitative estimate of drug-likeness (QED) is 0.441. The molecule has 3 aromatic rings. The maximum Gasteiger partial charge on any atom is 0.139 e. The molecule has 0 radical (unpaired) electrons. The maximum atomic E-state index is 5.86. The van der Waals surface area contributed by atoms with E-state index in [4.69, 9.17) is 9.47 Å². The highest BCUT2D eigenvalue weighted by Crippen LogP contribution is 2.26. The molecule has 0 spiro atoms.